The lowest BCUT2D eigenvalue weighted by Crippen LogP contribution is -2.51. The second kappa shape index (κ2) is 7.81. The Kier molecular flexibility index (Phi) is 6.39. The zero-order valence-electron chi connectivity index (χ0n) is 11.2. The minimum absolute atomic E-state index is 0.107. The molecule has 0 aliphatic rings. The van der Waals surface area contributed by atoms with E-state index in [2.05, 4.69) is 33.4 Å². The number of urea groups is 1. The number of nitrogens with one attached hydrogen (secondary N) is 2. The fourth-order valence-corrected chi connectivity index (χ4v) is 1.47. The molecule has 1 aromatic rings. The second-order valence-corrected chi connectivity index (χ2v) is 4.58. The quantitative estimate of drug-likeness (QED) is 0.335. The molecule has 6 N–H and O–H groups in total. The van der Waals surface area contributed by atoms with Crippen LogP contribution in [0.1, 0.15) is 24.7 Å². The number of rotatable bonds is 7. The fourth-order valence-electron chi connectivity index (χ4n) is 1.31. The van der Waals surface area contributed by atoms with Gasteiger partial charge < -0.3 is 31.1 Å². The number of carbonyl (C=O) groups excluding carboxylic acids is 1. The highest BCUT2D eigenvalue weighted by Crippen LogP contribution is 2.07. The van der Waals surface area contributed by atoms with Crippen molar-refractivity contribution in [2.75, 3.05) is 5.75 Å². The lowest BCUT2D eigenvalue weighted by molar-refractivity contribution is -0.141. The molecule has 21 heavy (non-hydrogen) atoms. The molecule has 1 aromatic heterocycles. The Morgan fingerprint density at radius 3 is 2.71 bits per heavy atom. The Morgan fingerprint density at radius 1 is 1.52 bits per heavy atom. The molecule has 1 heterocycles. The van der Waals surface area contributed by atoms with Crippen LogP contribution in [0.2, 0.25) is 0 Å². The first kappa shape index (κ1) is 17.2. The van der Waals surface area contributed by atoms with Gasteiger partial charge in [0.05, 0.1) is 18.7 Å². The highest BCUT2D eigenvalue weighted by atomic mass is 32.1. The first-order chi connectivity index (χ1) is 9.85. The lowest BCUT2D eigenvalue weighted by atomic mass is 10.2. The summed E-state index contributed by atoms with van der Waals surface area (Å²) < 4.78 is 4.85. The van der Waals surface area contributed by atoms with Crippen LogP contribution in [0.5, 0.6) is 0 Å². The Morgan fingerprint density at radius 2 is 2.19 bits per heavy atom. The monoisotopic (exact) mass is 319 g/mol. The van der Waals surface area contributed by atoms with E-state index in [9.17, 15) is 14.7 Å². The Hall–Kier alpha value is -1.85. The maximum absolute atomic E-state index is 11.5. The van der Waals surface area contributed by atoms with Gasteiger partial charge in [0.15, 0.2) is 11.9 Å². The number of amides is 2. The van der Waals surface area contributed by atoms with Gasteiger partial charge in [-0.15, -0.1) is 0 Å². The summed E-state index contributed by atoms with van der Waals surface area (Å²) in [6.07, 6.45) is -1.24. The Balaban J connectivity index is 2.49. The van der Waals surface area contributed by atoms with E-state index in [1.807, 2.05) is 0 Å². The number of aliphatic carboxylic acids is 1. The molecule has 0 spiro atoms. The number of carbonyl (C=O) groups is 2. The van der Waals surface area contributed by atoms with Gasteiger partial charge in [-0.05, 0) is 6.92 Å². The summed E-state index contributed by atoms with van der Waals surface area (Å²) in [7, 11) is 0. The molecule has 0 bridgehead atoms. The largest absolute Gasteiger partial charge is 0.480 e. The van der Waals surface area contributed by atoms with E-state index in [1.165, 1.54) is 6.92 Å². The number of thiol groups is 1. The molecule has 1 rings (SSSR count). The number of nitrogens with two attached hydrogens (primary N) is 1. The van der Waals surface area contributed by atoms with Gasteiger partial charge in [-0.1, -0.05) is 5.16 Å². The molecule has 118 valence electrons. The molecule has 11 heteroatoms. The van der Waals surface area contributed by atoms with Crippen LogP contribution in [-0.4, -0.2) is 50.3 Å². The topological polar surface area (TPSA) is 164 Å². The lowest BCUT2D eigenvalue weighted by Gasteiger charge is -2.16. The van der Waals surface area contributed by atoms with Crippen LogP contribution in [0.4, 0.5) is 4.79 Å². The van der Waals surface area contributed by atoms with Crippen LogP contribution in [0.25, 0.3) is 0 Å². The van der Waals surface area contributed by atoms with E-state index in [0.717, 1.165) is 0 Å². The number of aliphatic hydroxyl groups is 1. The molecule has 2 unspecified atom stereocenters. The number of carboxylic acid groups (broad SMARTS) is 1. The van der Waals surface area contributed by atoms with E-state index in [1.54, 1.807) is 0 Å². The standard InChI is InChI=1S/C10H17N5O5S/c1-4(16)7(9(17)18)14-10(19)12-2-6-13-8(15-20-6)5(11)3-21/h4-5,7,16,21H,2-3,11H2,1H3,(H,17,18)(H2,12,14,19)/t4?,5-,7?/m0/s1. The SMILES string of the molecule is CC(O)C(NC(=O)NCc1nc([C@@H](N)CS)no1)C(=O)O. The minimum Gasteiger partial charge on any atom is -0.480 e. The number of aliphatic hydroxyl groups excluding tert-OH is 1. The minimum atomic E-state index is -1.42. The van der Waals surface area contributed by atoms with E-state index in [4.69, 9.17) is 15.4 Å². The van der Waals surface area contributed by atoms with Gasteiger partial charge in [-0.25, -0.2) is 9.59 Å². The molecule has 0 radical (unpaired) electrons. The van der Waals surface area contributed by atoms with Crippen molar-refractivity contribution in [3.63, 3.8) is 0 Å². The highest BCUT2D eigenvalue weighted by molar-refractivity contribution is 7.80. The second-order valence-electron chi connectivity index (χ2n) is 4.22. The average molecular weight is 319 g/mol. The van der Waals surface area contributed by atoms with Crippen LogP contribution < -0.4 is 16.4 Å². The molecule has 0 aromatic carbocycles. The molecule has 10 nitrogen and oxygen atoms in total. The summed E-state index contributed by atoms with van der Waals surface area (Å²) in [6, 6.07) is -2.69. The van der Waals surface area contributed by atoms with E-state index >= 15 is 0 Å². The van der Waals surface area contributed by atoms with Crippen molar-refractivity contribution in [3.05, 3.63) is 11.7 Å². The van der Waals surface area contributed by atoms with E-state index in [-0.39, 0.29) is 18.3 Å². The Bertz CT molecular complexity index is 494. The van der Waals surface area contributed by atoms with Crippen molar-refractivity contribution in [1.29, 1.82) is 0 Å². The maximum Gasteiger partial charge on any atom is 0.328 e. The van der Waals surface area contributed by atoms with Crippen molar-refractivity contribution < 1.29 is 24.3 Å². The molecular formula is C10H17N5O5S. The van der Waals surface area contributed by atoms with Crippen molar-refractivity contribution in [2.45, 2.75) is 31.7 Å². The molecule has 0 fully saturated rings. The summed E-state index contributed by atoms with van der Waals surface area (Å²) >= 11 is 3.99. The van der Waals surface area contributed by atoms with Crippen LogP contribution in [-0.2, 0) is 11.3 Å². The number of aromatic nitrogens is 2. The Labute approximate surface area is 125 Å². The average Bonchev–Trinajstić information content (AvgIpc) is 2.89. The van der Waals surface area contributed by atoms with Crippen molar-refractivity contribution in [1.82, 2.24) is 20.8 Å². The van der Waals surface area contributed by atoms with Gasteiger partial charge in [-0.3, -0.25) is 0 Å². The third-order valence-corrected chi connectivity index (χ3v) is 2.84. The third kappa shape index (κ3) is 5.21. The van der Waals surface area contributed by atoms with Crippen LogP contribution >= 0.6 is 12.6 Å². The number of hydrogen-bond acceptors (Lipinski definition) is 8. The van der Waals surface area contributed by atoms with Gasteiger partial charge in [0.1, 0.15) is 0 Å². The smallest absolute Gasteiger partial charge is 0.328 e. The number of nitrogens with zero attached hydrogens (tertiary/aromatic N) is 2. The van der Waals surface area contributed by atoms with Gasteiger partial charge in [0.2, 0.25) is 5.89 Å². The van der Waals surface area contributed by atoms with Crippen molar-refractivity contribution in [3.8, 4) is 0 Å². The first-order valence-electron chi connectivity index (χ1n) is 5.99. The van der Waals surface area contributed by atoms with Gasteiger partial charge in [0.25, 0.3) is 0 Å². The van der Waals surface area contributed by atoms with E-state index in [0.29, 0.717) is 5.75 Å². The summed E-state index contributed by atoms with van der Waals surface area (Å²) in [5, 5.41) is 26.1. The highest BCUT2D eigenvalue weighted by Gasteiger charge is 2.25. The normalized spacial score (nSPS) is 15.0. The molecule has 2 amide bonds. The van der Waals surface area contributed by atoms with Crippen molar-refractivity contribution in [2.24, 2.45) is 5.73 Å². The van der Waals surface area contributed by atoms with Gasteiger partial charge in [0, 0.05) is 5.75 Å². The summed E-state index contributed by atoms with van der Waals surface area (Å²) in [5.41, 5.74) is 5.64. The predicted octanol–water partition coefficient (Wildman–Crippen LogP) is -1.37. The fraction of sp³-hybridized carbons (Fsp3) is 0.600. The number of carboxylic acids is 1. The maximum atomic E-state index is 11.5. The van der Waals surface area contributed by atoms with Crippen LogP contribution in [0, 0.1) is 0 Å². The molecule has 0 saturated heterocycles. The molecule has 0 saturated carbocycles. The third-order valence-electron chi connectivity index (χ3n) is 2.45. The molecule has 3 atom stereocenters. The summed E-state index contributed by atoms with van der Waals surface area (Å²) in [5.74, 6) is -0.641. The molecule has 0 aliphatic carbocycles. The zero-order chi connectivity index (χ0) is 16.0. The van der Waals surface area contributed by atoms with Gasteiger partial charge in [-0.2, -0.15) is 17.6 Å². The molecular weight excluding hydrogens is 302 g/mol. The van der Waals surface area contributed by atoms with Crippen molar-refractivity contribution >= 4 is 24.6 Å². The van der Waals surface area contributed by atoms with E-state index < -0.39 is 30.2 Å². The zero-order valence-corrected chi connectivity index (χ0v) is 12.1. The number of hydrogen-bond donors (Lipinski definition) is 6. The van der Waals surface area contributed by atoms with Crippen LogP contribution in [0.3, 0.4) is 0 Å². The molecule has 0 aliphatic heterocycles. The van der Waals surface area contributed by atoms with Crippen LogP contribution in [0.15, 0.2) is 4.52 Å². The first-order valence-corrected chi connectivity index (χ1v) is 6.62. The summed E-state index contributed by atoms with van der Waals surface area (Å²) in [6.45, 7) is 1.15. The van der Waals surface area contributed by atoms with Gasteiger partial charge >= 0.3 is 12.0 Å². The summed E-state index contributed by atoms with van der Waals surface area (Å²) in [4.78, 5) is 26.2. The predicted molar refractivity (Wildman–Crippen MR) is 73.6 cm³/mol.